The number of carbonyl (C=O) groups is 2. The summed E-state index contributed by atoms with van der Waals surface area (Å²) in [6.07, 6.45) is 2.23. The van der Waals surface area contributed by atoms with Crippen LogP contribution in [-0.2, 0) is 17.6 Å². The molecule has 0 aromatic heterocycles. The van der Waals surface area contributed by atoms with Gasteiger partial charge in [0.05, 0.1) is 12.0 Å². The molecule has 0 radical (unpaired) electrons. The molecule has 24 heavy (non-hydrogen) atoms. The van der Waals surface area contributed by atoms with E-state index in [2.05, 4.69) is 0 Å². The van der Waals surface area contributed by atoms with E-state index in [1.54, 1.807) is 18.2 Å². The maximum atomic E-state index is 12.4. The second-order valence-electron chi connectivity index (χ2n) is 6.37. The molecule has 1 atom stereocenters. The first kappa shape index (κ1) is 16.2. The van der Waals surface area contributed by atoms with Crippen molar-refractivity contribution in [1.29, 1.82) is 0 Å². The predicted molar refractivity (Wildman–Crippen MR) is 91.9 cm³/mol. The van der Waals surface area contributed by atoms with Gasteiger partial charge in [-0.05, 0) is 42.0 Å². The highest BCUT2D eigenvalue weighted by Crippen LogP contribution is 2.22. The van der Waals surface area contributed by atoms with Gasteiger partial charge in [0.1, 0.15) is 0 Å². The molecule has 1 heterocycles. The highest BCUT2D eigenvalue weighted by atomic mass is 16.4. The number of nitrogens with zero attached hydrogens (tertiary/aromatic N) is 1. The van der Waals surface area contributed by atoms with Crippen LogP contribution in [-0.4, -0.2) is 35.0 Å². The zero-order valence-corrected chi connectivity index (χ0v) is 13.5. The average molecular weight is 323 g/mol. The van der Waals surface area contributed by atoms with E-state index in [-0.39, 0.29) is 5.91 Å². The second-order valence-corrected chi connectivity index (χ2v) is 6.37. The molecule has 2 aromatic carbocycles. The second kappa shape index (κ2) is 7.30. The summed E-state index contributed by atoms with van der Waals surface area (Å²) in [5, 5.41) is 9.07. The van der Waals surface area contributed by atoms with Gasteiger partial charge in [-0.15, -0.1) is 0 Å². The van der Waals surface area contributed by atoms with E-state index in [4.69, 9.17) is 5.11 Å². The highest BCUT2D eigenvalue weighted by Gasteiger charge is 2.26. The number of carboxylic acids is 1. The molecule has 124 valence electrons. The summed E-state index contributed by atoms with van der Waals surface area (Å²) in [6.45, 7) is 1.54. The maximum Gasteiger partial charge on any atom is 0.335 e. The summed E-state index contributed by atoms with van der Waals surface area (Å²) in [7, 11) is 0. The van der Waals surface area contributed by atoms with Crippen molar-refractivity contribution >= 4 is 11.9 Å². The molecule has 1 N–H and O–H groups in total. The van der Waals surface area contributed by atoms with E-state index in [0.29, 0.717) is 17.9 Å². The molecule has 1 saturated heterocycles. The molecule has 2 aromatic rings. The Morgan fingerprint density at radius 2 is 1.79 bits per heavy atom. The first-order valence-electron chi connectivity index (χ1n) is 8.26. The molecule has 0 unspecified atom stereocenters. The molecule has 0 spiro atoms. The van der Waals surface area contributed by atoms with Crippen LogP contribution in [0.2, 0.25) is 0 Å². The molecule has 0 bridgehead atoms. The Hall–Kier alpha value is -2.62. The molecule has 3 rings (SSSR count). The van der Waals surface area contributed by atoms with Gasteiger partial charge in [-0.1, -0.05) is 42.5 Å². The fourth-order valence-electron chi connectivity index (χ4n) is 3.27. The average Bonchev–Trinajstić information content (AvgIpc) is 3.04. The minimum Gasteiger partial charge on any atom is -0.478 e. The summed E-state index contributed by atoms with van der Waals surface area (Å²) in [4.78, 5) is 25.4. The van der Waals surface area contributed by atoms with Crippen LogP contribution in [0.5, 0.6) is 0 Å². The van der Waals surface area contributed by atoms with E-state index in [9.17, 15) is 9.59 Å². The van der Waals surface area contributed by atoms with Gasteiger partial charge in [-0.3, -0.25) is 4.79 Å². The summed E-state index contributed by atoms with van der Waals surface area (Å²) in [5.41, 5.74) is 2.39. The SMILES string of the molecule is O=C(O)c1cccc(C[C@@H]2CCN(C(=O)Cc3ccccc3)C2)c1. The zero-order chi connectivity index (χ0) is 16.9. The number of hydrogen-bond acceptors (Lipinski definition) is 2. The fourth-order valence-corrected chi connectivity index (χ4v) is 3.27. The van der Waals surface area contributed by atoms with Gasteiger partial charge in [-0.25, -0.2) is 4.79 Å². The number of aromatic carboxylic acids is 1. The lowest BCUT2D eigenvalue weighted by Gasteiger charge is -2.17. The zero-order valence-electron chi connectivity index (χ0n) is 13.5. The van der Waals surface area contributed by atoms with Gasteiger partial charge < -0.3 is 10.0 Å². The Bertz CT molecular complexity index is 727. The van der Waals surface area contributed by atoms with Crippen molar-refractivity contribution in [2.75, 3.05) is 13.1 Å². The number of carboxylic acid groups (broad SMARTS) is 1. The van der Waals surface area contributed by atoms with Crippen LogP contribution in [0.25, 0.3) is 0 Å². The van der Waals surface area contributed by atoms with Crippen molar-refractivity contribution in [3.05, 3.63) is 71.3 Å². The number of benzene rings is 2. The summed E-state index contributed by atoms with van der Waals surface area (Å²) in [5.74, 6) is -0.334. The van der Waals surface area contributed by atoms with Crippen molar-refractivity contribution in [3.8, 4) is 0 Å². The summed E-state index contributed by atoms with van der Waals surface area (Å²) in [6, 6.07) is 16.9. The number of carbonyl (C=O) groups excluding carboxylic acids is 1. The molecule has 1 aliphatic rings. The highest BCUT2D eigenvalue weighted by molar-refractivity contribution is 5.87. The van der Waals surface area contributed by atoms with Crippen molar-refractivity contribution in [2.45, 2.75) is 19.3 Å². The number of hydrogen-bond donors (Lipinski definition) is 1. The largest absolute Gasteiger partial charge is 0.478 e. The lowest BCUT2D eigenvalue weighted by Crippen LogP contribution is -2.30. The summed E-state index contributed by atoms with van der Waals surface area (Å²) >= 11 is 0. The minimum absolute atomic E-state index is 0.169. The number of likely N-dealkylation sites (tertiary alicyclic amines) is 1. The van der Waals surface area contributed by atoms with Gasteiger partial charge >= 0.3 is 5.97 Å². The van der Waals surface area contributed by atoms with Crippen molar-refractivity contribution in [3.63, 3.8) is 0 Å². The van der Waals surface area contributed by atoms with Crippen molar-refractivity contribution < 1.29 is 14.7 Å². The lowest BCUT2D eigenvalue weighted by atomic mass is 9.97. The Balaban J connectivity index is 1.56. The monoisotopic (exact) mass is 323 g/mol. The Labute approximate surface area is 141 Å². The Morgan fingerprint density at radius 3 is 2.54 bits per heavy atom. The molecule has 0 aliphatic carbocycles. The molecule has 0 saturated carbocycles. The van der Waals surface area contributed by atoms with Crippen LogP contribution in [0.3, 0.4) is 0 Å². The van der Waals surface area contributed by atoms with E-state index >= 15 is 0 Å². The smallest absolute Gasteiger partial charge is 0.335 e. The van der Waals surface area contributed by atoms with Gasteiger partial charge in [0.2, 0.25) is 5.91 Å². The standard InChI is InChI=1S/C20H21NO3/c22-19(13-15-5-2-1-3-6-15)21-10-9-17(14-21)11-16-7-4-8-18(12-16)20(23)24/h1-8,12,17H,9-11,13-14H2,(H,23,24)/t17-/m0/s1. The predicted octanol–water partition coefficient (Wildman–Crippen LogP) is 3.02. The quantitative estimate of drug-likeness (QED) is 0.920. The Morgan fingerprint density at radius 1 is 1.04 bits per heavy atom. The molecule has 1 aliphatic heterocycles. The molecule has 4 heteroatoms. The van der Waals surface area contributed by atoms with Crippen LogP contribution in [0.15, 0.2) is 54.6 Å². The molecule has 1 fully saturated rings. The van der Waals surface area contributed by atoms with Gasteiger partial charge in [0.25, 0.3) is 0 Å². The Kier molecular flexibility index (Phi) is 4.94. The van der Waals surface area contributed by atoms with Crippen LogP contribution in [0.4, 0.5) is 0 Å². The van der Waals surface area contributed by atoms with Crippen molar-refractivity contribution in [2.24, 2.45) is 5.92 Å². The topological polar surface area (TPSA) is 57.6 Å². The summed E-state index contributed by atoms with van der Waals surface area (Å²) < 4.78 is 0. The molecule has 4 nitrogen and oxygen atoms in total. The number of amides is 1. The molecule has 1 amide bonds. The molecular weight excluding hydrogens is 302 g/mol. The number of rotatable bonds is 5. The lowest BCUT2D eigenvalue weighted by molar-refractivity contribution is -0.129. The van der Waals surface area contributed by atoms with Crippen molar-refractivity contribution in [1.82, 2.24) is 4.90 Å². The first-order valence-corrected chi connectivity index (χ1v) is 8.26. The van der Waals surface area contributed by atoms with Gasteiger partial charge in [0, 0.05) is 13.1 Å². The van der Waals surface area contributed by atoms with Crippen LogP contribution in [0, 0.1) is 5.92 Å². The van der Waals surface area contributed by atoms with Gasteiger partial charge in [-0.2, -0.15) is 0 Å². The van der Waals surface area contributed by atoms with E-state index in [1.807, 2.05) is 41.3 Å². The van der Waals surface area contributed by atoms with E-state index < -0.39 is 5.97 Å². The van der Waals surface area contributed by atoms with Crippen LogP contribution >= 0.6 is 0 Å². The maximum absolute atomic E-state index is 12.4. The third-order valence-electron chi connectivity index (χ3n) is 4.54. The first-order chi connectivity index (χ1) is 11.6. The van der Waals surface area contributed by atoms with Crippen LogP contribution in [0.1, 0.15) is 27.9 Å². The van der Waals surface area contributed by atoms with E-state index in [0.717, 1.165) is 37.1 Å². The third kappa shape index (κ3) is 4.02. The van der Waals surface area contributed by atoms with Gasteiger partial charge in [0.15, 0.2) is 0 Å². The fraction of sp³-hybridized carbons (Fsp3) is 0.300. The normalized spacial score (nSPS) is 17.0. The third-order valence-corrected chi connectivity index (χ3v) is 4.54. The molecular formula is C20H21NO3. The van der Waals surface area contributed by atoms with Crippen LogP contribution < -0.4 is 0 Å². The minimum atomic E-state index is -0.900. The van der Waals surface area contributed by atoms with E-state index in [1.165, 1.54) is 0 Å².